The smallest absolute Gasteiger partial charge is 0.257 e. The van der Waals surface area contributed by atoms with Crippen molar-refractivity contribution in [1.29, 1.82) is 0 Å². The first kappa shape index (κ1) is 11.4. The molecule has 1 aromatic rings. The summed E-state index contributed by atoms with van der Waals surface area (Å²) >= 11 is 3.52. The number of alkyl halides is 1. The molecule has 0 N–H and O–H groups in total. The first-order valence-electron chi connectivity index (χ1n) is 5.13. The molecule has 1 atom stereocenters. The molecule has 2 rings (SSSR count). The number of nitrogens with zero attached hydrogens (tertiary/aromatic N) is 2. The Hall–Kier alpha value is -1.10. The fraction of sp³-hybridized carbons (Fsp3) is 0.455. The van der Waals surface area contributed by atoms with Crippen molar-refractivity contribution in [2.45, 2.75) is 11.2 Å². The van der Waals surface area contributed by atoms with Crippen LogP contribution in [0.1, 0.15) is 16.8 Å². The number of halogens is 1. The number of amides is 1. The van der Waals surface area contributed by atoms with Crippen LogP contribution in [-0.2, 0) is 0 Å². The molecule has 1 aliphatic rings. The standard InChI is InChI=1S/C11H13BrN2O2/c1-16-10-6-13-4-2-9(10)11(15)14-5-3-8(12)7-14/h2,4,6,8H,3,5,7H2,1H3. The van der Waals surface area contributed by atoms with E-state index < -0.39 is 0 Å². The Bertz CT molecular complexity index is 397. The Morgan fingerprint density at radius 1 is 1.69 bits per heavy atom. The van der Waals surface area contributed by atoms with E-state index in [1.165, 1.54) is 0 Å². The molecule has 0 aliphatic carbocycles. The molecular formula is C11H13BrN2O2. The van der Waals surface area contributed by atoms with Gasteiger partial charge in [-0.2, -0.15) is 0 Å². The maximum Gasteiger partial charge on any atom is 0.257 e. The highest BCUT2D eigenvalue weighted by Crippen LogP contribution is 2.22. The average molecular weight is 285 g/mol. The molecule has 1 unspecified atom stereocenters. The molecule has 1 aliphatic heterocycles. The predicted octanol–water partition coefficient (Wildman–Crippen LogP) is 1.70. The van der Waals surface area contributed by atoms with Gasteiger partial charge in [-0.25, -0.2) is 0 Å². The predicted molar refractivity (Wildman–Crippen MR) is 64.0 cm³/mol. The van der Waals surface area contributed by atoms with E-state index in [1.807, 2.05) is 4.90 Å². The van der Waals surface area contributed by atoms with Gasteiger partial charge in [-0.1, -0.05) is 15.9 Å². The molecule has 1 amide bonds. The lowest BCUT2D eigenvalue weighted by Gasteiger charge is -2.16. The van der Waals surface area contributed by atoms with Gasteiger partial charge in [-0.05, 0) is 12.5 Å². The Morgan fingerprint density at radius 3 is 3.12 bits per heavy atom. The summed E-state index contributed by atoms with van der Waals surface area (Å²) in [5.41, 5.74) is 0.583. The van der Waals surface area contributed by atoms with Gasteiger partial charge in [0.05, 0.1) is 18.9 Å². The molecular weight excluding hydrogens is 272 g/mol. The summed E-state index contributed by atoms with van der Waals surface area (Å²) in [6.45, 7) is 1.55. The highest BCUT2D eigenvalue weighted by molar-refractivity contribution is 9.09. The molecule has 86 valence electrons. The van der Waals surface area contributed by atoms with Gasteiger partial charge in [0, 0.05) is 24.1 Å². The van der Waals surface area contributed by atoms with Crippen LogP contribution < -0.4 is 4.74 Å². The van der Waals surface area contributed by atoms with Crippen LogP contribution in [0, 0.1) is 0 Å². The lowest BCUT2D eigenvalue weighted by atomic mass is 10.2. The zero-order chi connectivity index (χ0) is 11.5. The topological polar surface area (TPSA) is 42.4 Å². The van der Waals surface area contributed by atoms with Gasteiger partial charge >= 0.3 is 0 Å². The molecule has 1 saturated heterocycles. The van der Waals surface area contributed by atoms with Gasteiger partial charge in [0.2, 0.25) is 0 Å². The highest BCUT2D eigenvalue weighted by atomic mass is 79.9. The average Bonchev–Trinajstić information content (AvgIpc) is 2.75. The Labute approximate surface area is 103 Å². The lowest BCUT2D eigenvalue weighted by molar-refractivity contribution is 0.0790. The van der Waals surface area contributed by atoms with Gasteiger partial charge in [0.1, 0.15) is 5.75 Å². The molecule has 0 saturated carbocycles. The van der Waals surface area contributed by atoms with E-state index in [4.69, 9.17) is 4.74 Å². The molecule has 0 aromatic carbocycles. The van der Waals surface area contributed by atoms with Gasteiger partial charge in [-0.15, -0.1) is 0 Å². The Morgan fingerprint density at radius 2 is 2.50 bits per heavy atom. The zero-order valence-corrected chi connectivity index (χ0v) is 10.6. The number of carbonyl (C=O) groups is 1. The van der Waals surface area contributed by atoms with E-state index >= 15 is 0 Å². The van der Waals surface area contributed by atoms with Crippen molar-refractivity contribution in [1.82, 2.24) is 9.88 Å². The van der Waals surface area contributed by atoms with Crippen LogP contribution in [0.25, 0.3) is 0 Å². The number of likely N-dealkylation sites (tertiary alicyclic amines) is 1. The summed E-state index contributed by atoms with van der Waals surface area (Å²) < 4.78 is 5.13. The first-order valence-corrected chi connectivity index (χ1v) is 6.05. The third-order valence-corrected chi connectivity index (χ3v) is 3.40. The number of carbonyl (C=O) groups excluding carboxylic acids is 1. The van der Waals surface area contributed by atoms with Crippen LogP contribution >= 0.6 is 15.9 Å². The molecule has 4 nitrogen and oxygen atoms in total. The Kier molecular flexibility index (Phi) is 3.43. The minimum Gasteiger partial charge on any atom is -0.494 e. The second-order valence-electron chi connectivity index (χ2n) is 3.71. The van der Waals surface area contributed by atoms with Crippen molar-refractivity contribution in [3.63, 3.8) is 0 Å². The van der Waals surface area contributed by atoms with Gasteiger partial charge in [0.25, 0.3) is 5.91 Å². The van der Waals surface area contributed by atoms with E-state index in [9.17, 15) is 4.79 Å². The van der Waals surface area contributed by atoms with Gasteiger partial charge < -0.3 is 9.64 Å². The van der Waals surface area contributed by atoms with Gasteiger partial charge in [0.15, 0.2) is 0 Å². The molecule has 1 aromatic heterocycles. The van der Waals surface area contributed by atoms with Crippen molar-refractivity contribution in [3.8, 4) is 5.75 Å². The molecule has 0 bridgehead atoms. The van der Waals surface area contributed by atoms with Crippen LogP contribution in [0.3, 0.4) is 0 Å². The summed E-state index contributed by atoms with van der Waals surface area (Å²) in [6.07, 6.45) is 4.17. The molecule has 0 radical (unpaired) electrons. The van der Waals surface area contributed by atoms with E-state index in [0.717, 1.165) is 19.5 Å². The molecule has 2 heterocycles. The van der Waals surface area contributed by atoms with Crippen molar-refractivity contribution >= 4 is 21.8 Å². The first-order chi connectivity index (χ1) is 7.72. The number of pyridine rings is 1. The van der Waals surface area contributed by atoms with Crippen LogP contribution in [0.2, 0.25) is 0 Å². The maximum absolute atomic E-state index is 12.2. The largest absolute Gasteiger partial charge is 0.494 e. The van der Waals surface area contributed by atoms with Crippen molar-refractivity contribution in [2.24, 2.45) is 0 Å². The van der Waals surface area contributed by atoms with Crippen LogP contribution in [0.5, 0.6) is 5.75 Å². The summed E-state index contributed by atoms with van der Waals surface area (Å²) in [7, 11) is 1.55. The summed E-state index contributed by atoms with van der Waals surface area (Å²) in [5.74, 6) is 0.548. The molecule has 1 fully saturated rings. The minimum atomic E-state index is 0.0150. The van der Waals surface area contributed by atoms with Crippen molar-refractivity contribution < 1.29 is 9.53 Å². The second kappa shape index (κ2) is 4.82. The maximum atomic E-state index is 12.2. The SMILES string of the molecule is COc1cnccc1C(=O)N1CCC(Br)C1. The molecule has 16 heavy (non-hydrogen) atoms. The lowest BCUT2D eigenvalue weighted by Crippen LogP contribution is -2.29. The summed E-state index contributed by atoms with van der Waals surface area (Å²) in [5, 5.41) is 0. The van der Waals surface area contributed by atoms with E-state index in [-0.39, 0.29) is 5.91 Å². The number of ether oxygens (including phenoxy) is 1. The zero-order valence-electron chi connectivity index (χ0n) is 9.02. The third-order valence-electron chi connectivity index (χ3n) is 2.65. The van der Waals surface area contributed by atoms with E-state index in [1.54, 1.807) is 25.6 Å². The molecule has 5 heteroatoms. The van der Waals surface area contributed by atoms with Crippen LogP contribution in [0.4, 0.5) is 0 Å². The van der Waals surface area contributed by atoms with Crippen LogP contribution in [0.15, 0.2) is 18.5 Å². The van der Waals surface area contributed by atoms with Crippen molar-refractivity contribution in [3.05, 3.63) is 24.0 Å². The fourth-order valence-corrected chi connectivity index (χ4v) is 2.35. The minimum absolute atomic E-state index is 0.0150. The number of rotatable bonds is 2. The number of hydrogen-bond donors (Lipinski definition) is 0. The summed E-state index contributed by atoms with van der Waals surface area (Å²) in [6, 6.07) is 1.70. The Balaban J connectivity index is 2.20. The quantitative estimate of drug-likeness (QED) is 0.777. The second-order valence-corrected chi connectivity index (χ2v) is 5.01. The highest BCUT2D eigenvalue weighted by Gasteiger charge is 2.26. The van der Waals surface area contributed by atoms with E-state index in [0.29, 0.717) is 16.1 Å². The fourth-order valence-electron chi connectivity index (χ4n) is 1.79. The van der Waals surface area contributed by atoms with Crippen molar-refractivity contribution in [2.75, 3.05) is 20.2 Å². The third kappa shape index (κ3) is 2.19. The van der Waals surface area contributed by atoms with E-state index in [2.05, 4.69) is 20.9 Å². The summed E-state index contributed by atoms with van der Waals surface area (Å²) in [4.78, 5) is 18.3. The number of methoxy groups -OCH3 is 1. The van der Waals surface area contributed by atoms with Gasteiger partial charge in [-0.3, -0.25) is 9.78 Å². The number of hydrogen-bond acceptors (Lipinski definition) is 3. The monoisotopic (exact) mass is 284 g/mol. The normalized spacial score (nSPS) is 19.9. The van der Waals surface area contributed by atoms with Crippen LogP contribution in [-0.4, -0.2) is 40.8 Å². The number of aromatic nitrogens is 1. The molecule has 0 spiro atoms.